The van der Waals surface area contributed by atoms with Crippen LogP contribution in [0.2, 0.25) is 0 Å². The van der Waals surface area contributed by atoms with Crippen molar-refractivity contribution in [3.63, 3.8) is 0 Å². The lowest BCUT2D eigenvalue weighted by Gasteiger charge is -2.02. The first-order valence-electron chi connectivity index (χ1n) is 7.52. The molecule has 0 bridgehead atoms. The highest BCUT2D eigenvalue weighted by Crippen LogP contribution is 2.29. The summed E-state index contributed by atoms with van der Waals surface area (Å²) in [6, 6.07) is 22.5. The average Bonchev–Trinajstić information content (AvgIpc) is 2.99. The summed E-state index contributed by atoms with van der Waals surface area (Å²) in [5, 5.41) is 3.42. The molecule has 108 valence electrons. The first-order valence-corrected chi connectivity index (χ1v) is 7.52. The molecule has 23 heavy (non-hydrogen) atoms. The van der Waals surface area contributed by atoms with Crippen molar-refractivity contribution in [1.82, 2.24) is 9.97 Å². The molecule has 0 unspecified atom stereocenters. The van der Waals surface area contributed by atoms with Gasteiger partial charge in [-0.1, -0.05) is 48.5 Å². The summed E-state index contributed by atoms with van der Waals surface area (Å²) in [5.74, 6) is 0.717. The predicted molar refractivity (Wildman–Crippen MR) is 92.3 cm³/mol. The number of para-hydroxylation sites is 1. The number of hydrogen-bond acceptors (Lipinski definition) is 3. The van der Waals surface area contributed by atoms with Crippen molar-refractivity contribution < 1.29 is 4.42 Å². The van der Waals surface area contributed by atoms with Gasteiger partial charge in [-0.25, -0.2) is 9.97 Å². The average molecular weight is 296 g/mol. The number of aromatic nitrogens is 2. The van der Waals surface area contributed by atoms with E-state index in [0.717, 1.165) is 33.5 Å². The summed E-state index contributed by atoms with van der Waals surface area (Å²) in [6.45, 7) is 0. The van der Waals surface area contributed by atoms with E-state index in [1.807, 2.05) is 36.4 Å². The van der Waals surface area contributed by atoms with Crippen molar-refractivity contribution in [2.45, 2.75) is 0 Å². The fourth-order valence-electron chi connectivity index (χ4n) is 2.98. The van der Waals surface area contributed by atoms with E-state index in [1.54, 1.807) is 6.20 Å². The summed E-state index contributed by atoms with van der Waals surface area (Å²) in [5.41, 5.74) is 3.43. The summed E-state index contributed by atoms with van der Waals surface area (Å²) >= 11 is 0. The molecule has 0 N–H and O–H groups in total. The van der Waals surface area contributed by atoms with Gasteiger partial charge in [0.15, 0.2) is 11.4 Å². The molecule has 0 amide bonds. The Balaban J connectivity index is 1.76. The van der Waals surface area contributed by atoms with Crippen LogP contribution in [0.4, 0.5) is 0 Å². The zero-order chi connectivity index (χ0) is 15.2. The molecule has 3 nitrogen and oxygen atoms in total. The molecule has 5 rings (SSSR count). The number of rotatable bonds is 1. The molecular formula is C20H12N2O. The SMILES string of the molecule is c1ccc2cc(-c3ncc4oc5ccccc5c4n3)ccc2c1. The van der Waals surface area contributed by atoms with Crippen LogP contribution in [0.15, 0.2) is 77.3 Å². The van der Waals surface area contributed by atoms with Crippen molar-refractivity contribution in [2.24, 2.45) is 0 Å². The largest absolute Gasteiger partial charge is 0.453 e. The molecule has 2 heterocycles. The van der Waals surface area contributed by atoms with Crippen molar-refractivity contribution in [3.8, 4) is 11.4 Å². The number of benzene rings is 3. The summed E-state index contributed by atoms with van der Waals surface area (Å²) in [6.07, 6.45) is 1.76. The molecular weight excluding hydrogens is 284 g/mol. The van der Waals surface area contributed by atoms with E-state index in [1.165, 1.54) is 10.8 Å². The van der Waals surface area contributed by atoms with Crippen molar-refractivity contribution in [2.75, 3.05) is 0 Å². The highest BCUT2D eigenvalue weighted by Gasteiger charge is 2.10. The minimum atomic E-state index is 0.717. The van der Waals surface area contributed by atoms with Crippen LogP contribution in [0, 0.1) is 0 Å². The fourth-order valence-corrected chi connectivity index (χ4v) is 2.98. The van der Waals surface area contributed by atoms with Crippen LogP contribution in [-0.4, -0.2) is 9.97 Å². The molecule has 0 saturated carbocycles. The predicted octanol–water partition coefficient (Wildman–Crippen LogP) is 5.20. The first kappa shape index (κ1) is 12.4. The highest BCUT2D eigenvalue weighted by atomic mass is 16.3. The standard InChI is InChI=1S/C20H12N2O/c1-2-6-14-11-15(10-9-13(14)5-1)20-21-12-18-19(22-20)16-7-3-4-8-17(16)23-18/h1-12H. The van der Waals surface area contributed by atoms with Crippen LogP contribution >= 0.6 is 0 Å². The second kappa shape index (κ2) is 4.65. The molecule has 3 heteroatoms. The van der Waals surface area contributed by atoms with E-state index in [2.05, 4.69) is 35.3 Å². The molecule has 0 saturated heterocycles. The number of hydrogen-bond donors (Lipinski definition) is 0. The van der Waals surface area contributed by atoms with E-state index in [0.29, 0.717) is 0 Å². The van der Waals surface area contributed by atoms with E-state index in [9.17, 15) is 0 Å². The third kappa shape index (κ3) is 1.90. The van der Waals surface area contributed by atoms with Gasteiger partial charge in [0.2, 0.25) is 0 Å². The van der Waals surface area contributed by atoms with Gasteiger partial charge in [0.1, 0.15) is 11.1 Å². The maximum Gasteiger partial charge on any atom is 0.172 e. The molecule has 0 fully saturated rings. The van der Waals surface area contributed by atoms with E-state index in [-0.39, 0.29) is 0 Å². The minimum absolute atomic E-state index is 0.717. The number of fused-ring (bicyclic) bond motifs is 4. The monoisotopic (exact) mass is 296 g/mol. The Bertz CT molecular complexity index is 1170. The van der Waals surface area contributed by atoms with Crippen LogP contribution in [0.3, 0.4) is 0 Å². The van der Waals surface area contributed by atoms with E-state index < -0.39 is 0 Å². The van der Waals surface area contributed by atoms with Crippen LogP contribution < -0.4 is 0 Å². The first-order chi connectivity index (χ1) is 11.4. The normalized spacial score (nSPS) is 11.5. The lowest BCUT2D eigenvalue weighted by molar-refractivity contribution is 0.666. The molecule has 0 aliphatic carbocycles. The molecule has 0 aliphatic rings. The smallest absolute Gasteiger partial charge is 0.172 e. The Hall–Kier alpha value is -3.20. The van der Waals surface area contributed by atoms with Crippen molar-refractivity contribution >= 4 is 32.8 Å². The third-order valence-electron chi connectivity index (χ3n) is 4.12. The fraction of sp³-hybridized carbons (Fsp3) is 0. The quantitative estimate of drug-likeness (QED) is 0.427. The van der Waals surface area contributed by atoms with Gasteiger partial charge in [0.25, 0.3) is 0 Å². The molecule has 2 aromatic heterocycles. The summed E-state index contributed by atoms with van der Waals surface area (Å²) in [7, 11) is 0. The lowest BCUT2D eigenvalue weighted by atomic mass is 10.1. The Labute approximate surface area is 132 Å². The van der Waals surface area contributed by atoms with Crippen LogP contribution in [0.1, 0.15) is 0 Å². The summed E-state index contributed by atoms with van der Waals surface area (Å²) in [4.78, 5) is 9.21. The van der Waals surface area contributed by atoms with Gasteiger partial charge in [-0.05, 0) is 29.0 Å². The van der Waals surface area contributed by atoms with E-state index in [4.69, 9.17) is 9.40 Å². The molecule has 3 aromatic carbocycles. The van der Waals surface area contributed by atoms with Gasteiger partial charge in [-0.2, -0.15) is 0 Å². The Morgan fingerprint density at radius 3 is 2.52 bits per heavy atom. The third-order valence-corrected chi connectivity index (χ3v) is 4.12. The van der Waals surface area contributed by atoms with E-state index >= 15 is 0 Å². The van der Waals surface area contributed by atoms with Crippen LogP contribution in [0.25, 0.3) is 44.2 Å². The summed E-state index contributed by atoms with van der Waals surface area (Å²) < 4.78 is 5.79. The highest BCUT2D eigenvalue weighted by molar-refractivity contribution is 6.02. The van der Waals surface area contributed by atoms with Gasteiger partial charge in [0.05, 0.1) is 6.20 Å². The van der Waals surface area contributed by atoms with Crippen LogP contribution in [0.5, 0.6) is 0 Å². The van der Waals surface area contributed by atoms with Crippen LogP contribution in [-0.2, 0) is 0 Å². The Morgan fingerprint density at radius 2 is 1.57 bits per heavy atom. The zero-order valence-electron chi connectivity index (χ0n) is 12.2. The Kier molecular flexibility index (Phi) is 2.50. The number of nitrogens with zero attached hydrogens (tertiary/aromatic N) is 2. The van der Waals surface area contributed by atoms with Gasteiger partial charge in [-0.3, -0.25) is 0 Å². The minimum Gasteiger partial charge on any atom is -0.453 e. The Morgan fingerprint density at radius 1 is 0.739 bits per heavy atom. The topological polar surface area (TPSA) is 38.9 Å². The van der Waals surface area contributed by atoms with Crippen molar-refractivity contribution in [3.05, 3.63) is 72.9 Å². The van der Waals surface area contributed by atoms with Gasteiger partial charge < -0.3 is 4.42 Å². The number of furan rings is 1. The van der Waals surface area contributed by atoms with Gasteiger partial charge in [0, 0.05) is 10.9 Å². The van der Waals surface area contributed by atoms with Gasteiger partial charge >= 0.3 is 0 Å². The molecule has 0 spiro atoms. The molecule has 0 radical (unpaired) electrons. The second-order valence-electron chi connectivity index (χ2n) is 5.57. The van der Waals surface area contributed by atoms with Gasteiger partial charge in [-0.15, -0.1) is 0 Å². The zero-order valence-corrected chi connectivity index (χ0v) is 12.2. The second-order valence-corrected chi connectivity index (χ2v) is 5.57. The molecule has 0 atom stereocenters. The molecule has 5 aromatic rings. The maximum absolute atomic E-state index is 5.79. The maximum atomic E-state index is 5.79. The lowest BCUT2D eigenvalue weighted by Crippen LogP contribution is -1.88. The molecule has 0 aliphatic heterocycles. The van der Waals surface area contributed by atoms with Crippen molar-refractivity contribution in [1.29, 1.82) is 0 Å².